The zero-order valence-electron chi connectivity index (χ0n) is 12.0. The first-order valence-electron chi connectivity index (χ1n) is 7.17. The Labute approximate surface area is 111 Å². The van der Waals surface area contributed by atoms with Gasteiger partial charge in [0, 0.05) is 12.6 Å². The molecule has 2 rings (SSSR count). The number of nitrogens with one attached hydrogen (secondary N) is 1. The first-order chi connectivity index (χ1) is 8.69. The van der Waals surface area contributed by atoms with E-state index < -0.39 is 0 Å². The molecule has 1 N–H and O–H groups in total. The second-order valence-corrected chi connectivity index (χ2v) is 5.62. The average molecular weight is 246 g/mol. The van der Waals surface area contributed by atoms with E-state index in [0.29, 0.717) is 6.04 Å². The first kappa shape index (κ1) is 13.6. The summed E-state index contributed by atoms with van der Waals surface area (Å²) >= 11 is 0. The van der Waals surface area contributed by atoms with Crippen LogP contribution in [-0.4, -0.2) is 31.6 Å². The minimum atomic E-state index is 0.460. The van der Waals surface area contributed by atoms with E-state index in [1.54, 1.807) is 0 Å². The predicted octanol–water partition coefficient (Wildman–Crippen LogP) is 3.05. The van der Waals surface area contributed by atoms with E-state index in [2.05, 4.69) is 49.3 Å². The normalized spacial score (nSPS) is 18.8. The molecule has 1 fully saturated rings. The van der Waals surface area contributed by atoms with Gasteiger partial charge in [-0.15, -0.1) is 0 Å². The zero-order chi connectivity index (χ0) is 13.0. The van der Waals surface area contributed by atoms with Gasteiger partial charge in [0.25, 0.3) is 0 Å². The van der Waals surface area contributed by atoms with E-state index in [9.17, 15) is 0 Å². The Balaban J connectivity index is 2.06. The van der Waals surface area contributed by atoms with E-state index >= 15 is 0 Å². The second kappa shape index (κ2) is 6.35. The summed E-state index contributed by atoms with van der Waals surface area (Å²) in [7, 11) is 2.08. The summed E-state index contributed by atoms with van der Waals surface area (Å²) in [6.45, 7) is 8.04. The van der Waals surface area contributed by atoms with Crippen LogP contribution in [0.5, 0.6) is 0 Å². The number of benzene rings is 1. The van der Waals surface area contributed by atoms with Crippen molar-refractivity contribution in [1.29, 1.82) is 0 Å². The minimum Gasteiger partial charge on any atom is -0.312 e. The number of rotatable bonds is 4. The van der Waals surface area contributed by atoms with Gasteiger partial charge < -0.3 is 10.2 Å². The van der Waals surface area contributed by atoms with Crippen molar-refractivity contribution in [3.05, 3.63) is 34.9 Å². The van der Waals surface area contributed by atoms with Crippen molar-refractivity contribution in [3.8, 4) is 0 Å². The van der Waals surface area contributed by atoms with Crippen LogP contribution in [0.1, 0.15) is 42.0 Å². The van der Waals surface area contributed by atoms with Gasteiger partial charge in [0.1, 0.15) is 0 Å². The molecule has 1 heterocycles. The third-order valence-electron chi connectivity index (χ3n) is 3.88. The van der Waals surface area contributed by atoms with Crippen molar-refractivity contribution >= 4 is 0 Å². The highest BCUT2D eigenvalue weighted by molar-refractivity contribution is 5.30. The Morgan fingerprint density at radius 1 is 1.06 bits per heavy atom. The Morgan fingerprint density at radius 2 is 1.67 bits per heavy atom. The van der Waals surface area contributed by atoms with Crippen molar-refractivity contribution in [3.63, 3.8) is 0 Å². The highest BCUT2D eigenvalue weighted by Gasteiger charge is 2.16. The van der Waals surface area contributed by atoms with Crippen LogP contribution in [-0.2, 0) is 0 Å². The summed E-state index contributed by atoms with van der Waals surface area (Å²) in [6, 6.07) is 7.34. The summed E-state index contributed by atoms with van der Waals surface area (Å²) in [5.41, 5.74) is 4.16. The van der Waals surface area contributed by atoms with Crippen molar-refractivity contribution in [2.75, 3.05) is 26.7 Å². The molecule has 2 nitrogen and oxygen atoms in total. The van der Waals surface area contributed by atoms with E-state index in [0.717, 1.165) is 6.54 Å². The van der Waals surface area contributed by atoms with Crippen molar-refractivity contribution in [1.82, 2.24) is 10.2 Å². The van der Waals surface area contributed by atoms with Crippen LogP contribution in [0.2, 0.25) is 0 Å². The molecule has 0 aromatic heterocycles. The Kier molecular flexibility index (Phi) is 4.79. The highest BCUT2D eigenvalue weighted by atomic mass is 15.1. The molecule has 1 unspecified atom stereocenters. The maximum atomic E-state index is 3.48. The number of likely N-dealkylation sites (N-methyl/N-ethyl adjacent to an activating group) is 1. The molecule has 0 radical (unpaired) electrons. The van der Waals surface area contributed by atoms with Crippen molar-refractivity contribution in [2.45, 2.75) is 39.2 Å². The molecule has 0 aliphatic carbocycles. The van der Waals surface area contributed by atoms with Gasteiger partial charge in [0.2, 0.25) is 0 Å². The Hall–Kier alpha value is -0.860. The van der Waals surface area contributed by atoms with Gasteiger partial charge in [-0.3, -0.25) is 0 Å². The van der Waals surface area contributed by atoms with Gasteiger partial charge in [-0.2, -0.15) is 0 Å². The number of aryl methyl sites for hydroxylation is 2. The zero-order valence-corrected chi connectivity index (χ0v) is 12.0. The maximum Gasteiger partial charge on any atom is 0.0447 e. The number of hydrogen-bond acceptors (Lipinski definition) is 2. The topological polar surface area (TPSA) is 15.3 Å². The van der Waals surface area contributed by atoms with Crippen LogP contribution in [0, 0.1) is 13.8 Å². The van der Waals surface area contributed by atoms with Crippen LogP contribution in [0.3, 0.4) is 0 Å². The fraction of sp³-hybridized carbons (Fsp3) is 0.625. The number of likely N-dealkylation sites (tertiary alicyclic amines) is 1. The molecule has 0 saturated carbocycles. The molecule has 0 spiro atoms. The maximum absolute atomic E-state index is 3.48. The summed E-state index contributed by atoms with van der Waals surface area (Å²) in [5.74, 6) is 0. The molecule has 1 saturated heterocycles. The monoisotopic (exact) mass is 246 g/mol. The minimum absolute atomic E-state index is 0.460. The fourth-order valence-electron chi connectivity index (χ4n) is 2.97. The molecule has 18 heavy (non-hydrogen) atoms. The predicted molar refractivity (Wildman–Crippen MR) is 78.0 cm³/mol. The molecule has 1 atom stereocenters. The third kappa shape index (κ3) is 3.56. The average Bonchev–Trinajstić information content (AvgIpc) is 2.36. The van der Waals surface area contributed by atoms with Crippen LogP contribution in [0.15, 0.2) is 18.2 Å². The fourth-order valence-corrected chi connectivity index (χ4v) is 2.97. The number of piperidine rings is 1. The van der Waals surface area contributed by atoms with Gasteiger partial charge >= 0.3 is 0 Å². The summed E-state index contributed by atoms with van der Waals surface area (Å²) in [5, 5.41) is 3.48. The van der Waals surface area contributed by atoms with E-state index in [4.69, 9.17) is 0 Å². The SMILES string of the molecule is CNC(CN1CCCCC1)c1cc(C)cc(C)c1. The van der Waals surface area contributed by atoms with Crippen molar-refractivity contribution < 1.29 is 0 Å². The molecule has 1 aliphatic rings. The summed E-state index contributed by atoms with van der Waals surface area (Å²) in [4.78, 5) is 2.60. The summed E-state index contributed by atoms with van der Waals surface area (Å²) in [6.07, 6.45) is 4.14. The quantitative estimate of drug-likeness (QED) is 0.878. The molecule has 0 bridgehead atoms. The Bertz CT molecular complexity index is 360. The van der Waals surface area contributed by atoms with Crippen LogP contribution >= 0.6 is 0 Å². The van der Waals surface area contributed by atoms with Gasteiger partial charge in [0.05, 0.1) is 0 Å². The highest BCUT2D eigenvalue weighted by Crippen LogP contribution is 2.19. The lowest BCUT2D eigenvalue weighted by Gasteiger charge is -2.30. The molecular formula is C16H26N2. The van der Waals surface area contributed by atoms with Gasteiger partial charge in [-0.25, -0.2) is 0 Å². The van der Waals surface area contributed by atoms with Gasteiger partial charge in [-0.05, 0) is 52.4 Å². The lowest BCUT2D eigenvalue weighted by molar-refractivity contribution is 0.208. The lowest BCUT2D eigenvalue weighted by atomic mass is 10.00. The molecule has 1 aromatic rings. The first-order valence-corrected chi connectivity index (χ1v) is 7.17. The number of nitrogens with zero attached hydrogens (tertiary/aromatic N) is 1. The van der Waals surface area contributed by atoms with Crippen LogP contribution < -0.4 is 5.32 Å². The smallest absolute Gasteiger partial charge is 0.0447 e. The lowest BCUT2D eigenvalue weighted by Crippen LogP contribution is -2.37. The van der Waals surface area contributed by atoms with Gasteiger partial charge in [0.15, 0.2) is 0 Å². The number of hydrogen-bond donors (Lipinski definition) is 1. The van der Waals surface area contributed by atoms with E-state index in [1.165, 1.54) is 49.0 Å². The van der Waals surface area contributed by atoms with Crippen LogP contribution in [0.4, 0.5) is 0 Å². The van der Waals surface area contributed by atoms with E-state index in [-0.39, 0.29) is 0 Å². The second-order valence-electron chi connectivity index (χ2n) is 5.62. The molecule has 1 aliphatic heterocycles. The van der Waals surface area contributed by atoms with Crippen molar-refractivity contribution in [2.24, 2.45) is 0 Å². The largest absolute Gasteiger partial charge is 0.312 e. The molecule has 100 valence electrons. The standard InChI is InChI=1S/C16H26N2/c1-13-9-14(2)11-15(10-13)16(17-3)12-18-7-5-4-6-8-18/h9-11,16-17H,4-8,12H2,1-3H3. The molecule has 2 heteroatoms. The van der Waals surface area contributed by atoms with E-state index in [1.807, 2.05) is 0 Å². The summed E-state index contributed by atoms with van der Waals surface area (Å²) < 4.78 is 0. The Morgan fingerprint density at radius 3 is 2.22 bits per heavy atom. The molecular weight excluding hydrogens is 220 g/mol. The molecule has 1 aromatic carbocycles. The molecule has 0 amide bonds. The van der Waals surface area contributed by atoms with Gasteiger partial charge in [-0.1, -0.05) is 35.7 Å². The third-order valence-corrected chi connectivity index (χ3v) is 3.88. The van der Waals surface area contributed by atoms with Crippen LogP contribution in [0.25, 0.3) is 0 Å².